The summed E-state index contributed by atoms with van der Waals surface area (Å²) < 4.78 is 1.12. The van der Waals surface area contributed by atoms with Crippen LogP contribution in [0.2, 0.25) is 0 Å². The zero-order valence-corrected chi connectivity index (χ0v) is 9.58. The van der Waals surface area contributed by atoms with E-state index in [4.69, 9.17) is 0 Å². The van der Waals surface area contributed by atoms with Crippen LogP contribution in [-0.2, 0) is 0 Å². The number of hydrogen-bond acceptors (Lipinski definition) is 0. The number of aryl methyl sites for hydroxylation is 1. The predicted octanol–water partition coefficient (Wildman–Crippen LogP) is 4.42. The molecule has 1 heteroatoms. The largest absolute Gasteiger partial charge is 0.0587 e. The normalized spacial score (nSPS) is 10.1. The molecule has 0 aliphatic carbocycles. The van der Waals surface area contributed by atoms with Crippen molar-refractivity contribution in [1.82, 2.24) is 0 Å². The van der Waals surface area contributed by atoms with Crippen molar-refractivity contribution < 1.29 is 0 Å². The van der Waals surface area contributed by atoms with Crippen LogP contribution in [0.4, 0.5) is 0 Å². The molecule has 0 saturated heterocycles. The van der Waals surface area contributed by atoms with E-state index in [1.165, 1.54) is 16.7 Å². The predicted molar refractivity (Wildman–Crippen MR) is 64.3 cm³/mol. The molecule has 2 aromatic carbocycles. The van der Waals surface area contributed by atoms with Gasteiger partial charge in [0, 0.05) is 4.47 Å². The third-order valence-electron chi connectivity index (χ3n) is 2.23. The summed E-state index contributed by atoms with van der Waals surface area (Å²) in [6, 6.07) is 16.9. The zero-order valence-electron chi connectivity index (χ0n) is 8.00. The highest BCUT2D eigenvalue weighted by molar-refractivity contribution is 9.10. The Labute approximate surface area is 92.7 Å². The number of halogens is 1. The van der Waals surface area contributed by atoms with Gasteiger partial charge < -0.3 is 0 Å². The molecule has 0 N–H and O–H groups in total. The van der Waals surface area contributed by atoms with Gasteiger partial charge in [0.25, 0.3) is 0 Å². The fourth-order valence-corrected chi connectivity index (χ4v) is 1.65. The number of benzene rings is 2. The molecule has 0 atom stereocenters. The second-order valence-corrected chi connectivity index (χ2v) is 4.29. The van der Waals surface area contributed by atoms with Crippen molar-refractivity contribution in [2.45, 2.75) is 6.92 Å². The molecule has 0 saturated carbocycles. The summed E-state index contributed by atoms with van der Waals surface area (Å²) in [6.07, 6.45) is 0. The van der Waals surface area contributed by atoms with E-state index in [2.05, 4.69) is 71.4 Å². The molecule has 0 unspecified atom stereocenters. The van der Waals surface area contributed by atoms with Crippen LogP contribution >= 0.6 is 15.9 Å². The first-order chi connectivity index (χ1) is 6.75. The molecule has 0 heterocycles. The first-order valence-corrected chi connectivity index (χ1v) is 5.37. The van der Waals surface area contributed by atoms with Gasteiger partial charge in [-0.1, -0.05) is 57.9 Å². The Kier molecular flexibility index (Phi) is 2.69. The minimum absolute atomic E-state index is 1.12. The molecular weight excluding hydrogens is 236 g/mol. The third-order valence-corrected chi connectivity index (χ3v) is 2.76. The van der Waals surface area contributed by atoms with E-state index in [1.807, 2.05) is 0 Å². The first-order valence-electron chi connectivity index (χ1n) is 4.58. The molecule has 2 aromatic rings. The maximum Gasteiger partial charge on any atom is 0.0175 e. The highest BCUT2D eigenvalue weighted by Crippen LogP contribution is 2.21. The zero-order chi connectivity index (χ0) is 9.97. The monoisotopic (exact) mass is 246 g/mol. The molecule has 0 spiro atoms. The SMILES string of the molecule is Cc1ccc(-c2ccc(Br)cc2)cc1. The lowest BCUT2D eigenvalue weighted by Crippen LogP contribution is -1.77. The molecule has 0 aliphatic rings. The molecule has 14 heavy (non-hydrogen) atoms. The summed E-state index contributed by atoms with van der Waals surface area (Å²) in [5, 5.41) is 0. The van der Waals surface area contributed by atoms with Crippen molar-refractivity contribution in [2.24, 2.45) is 0 Å². The Hall–Kier alpha value is -1.08. The quantitative estimate of drug-likeness (QED) is 0.699. The average molecular weight is 247 g/mol. The average Bonchev–Trinajstić information content (AvgIpc) is 2.21. The molecule has 0 amide bonds. The van der Waals surface area contributed by atoms with Crippen molar-refractivity contribution in [2.75, 3.05) is 0 Å². The number of hydrogen-bond donors (Lipinski definition) is 0. The topological polar surface area (TPSA) is 0 Å². The van der Waals surface area contributed by atoms with Crippen LogP contribution in [-0.4, -0.2) is 0 Å². The van der Waals surface area contributed by atoms with Crippen molar-refractivity contribution in [3.05, 3.63) is 58.6 Å². The Morgan fingerprint density at radius 2 is 1.14 bits per heavy atom. The Morgan fingerprint density at radius 3 is 1.64 bits per heavy atom. The molecule has 0 bridgehead atoms. The van der Waals surface area contributed by atoms with E-state index >= 15 is 0 Å². The van der Waals surface area contributed by atoms with Gasteiger partial charge in [-0.25, -0.2) is 0 Å². The van der Waals surface area contributed by atoms with Crippen LogP contribution < -0.4 is 0 Å². The maximum atomic E-state index is 3.43. The lowest BCUT2D eigenvalue weighted by atomic mass is 10.0. The number of rotatable bonds is 1. The minimum atomic E-state index is 1.12. The van der Waals surface area contributed by atoms with E-state index in [9.17, 15) is 0 Å². The van der Waals surface area contributed by atoms with Gasteiger partial charge >= 0.3 is 0 Å². The fourth-order valence-electron chi connectivity index (χ4n) is 1.39. The van der Waals surface area contributed by atoms with Crippen LogP contribution in [0, 0.1) is 6.92 Å². The summed E-state index contributed by atoms with van der Waals surface area (Å²) in [7, 11) is 0. The van der Waals surface area contributed by atoms with Crippen LogP contribution in [0.5, 0.6) is 0 Å². The molecule has 0 radical (unpaired) electrons. The van der Waals surface area contributed by atoms with Crippen molar-refractivity contribution in [3.8, 4) is 11.1 Å². The van der Waals surface area contributed by atoms with Crippen LogP contribution in [0.15, 0.2) is 53.0 Å². The van der Waals surface area contributed by atoms with Gasteiger partial charge in [-0.3, -0.25) is 0 Å². The Morgan fingerprint density at radius 1 is 0.714 bits per heavy atom. The molecular formula is C13H11Br. The maximum absolute atomic E-state index is 3.43. The van der Waals surface area contributed by atoms with E-state index in [0.717, 1.165) is 4.47 Å². The second-order valence-electron chi connectivity index (χ2n) is 3.37. The molecule has 2 rings (SSSR count). The van der Waals surface area contributed by atoms with Gasteiger partial charge in [-0.05, 0) is 30.2 Å². The summed E-state index contributed by atoms with van der Waals surface area (Å²) in [5.41, 5.74) is 3.82. The summed E-state index contributed by atoms with van der Waals surface area (Å²) in [6.45, 7) is 2.10. The standard InChI is InChI=1S/C13H11Br/c1-10-2-4-11(5-3-10)12-6-8-13(14)9-7-12/h2-9H,1H3. The van der Waals surface area contributed by atoms with Crippen molar-refractivity contribution in [3.63, 3.8) is 0 Å². The highest BCUT2D eigenvalue weighted by atomic mass is 79.9. The Balaban J connectivity index is 2.40. The Bertz CT molecular complexity index is 368. The summed E-state index contributed by atoms with van der Waals surface area (Å²) in [4.78, 5) is 0. The van der Waals surface area contributed by atoms with E-state index in [-0.39, 0.29) is 0 Å². The van der Waals surface area contributed by atoms with Crippen LogP contribution in [0.25, 0.3) is 11.1 Å². The van der Waals surface area contributed by atoms with Gasteiger partial charge in [0.15, 0.2) is 0 Å². The van der Waals surface area contributed by atoms with Gasteiger partial charge in [0.05, 0.1) is 0 Å². The van der Waals surface area contributed by atoms with E-state index in [0.29, 0.717) is 0 Å². The van der Waals surface area contributed by atoms with Crippen molar-refractivity contribution in [1.29, 1.82) is 0 Å². The minimum Gasteiger partial charge on any atom is -0.0587 e. The lowest BCUT2D eigenvalue weighted by Gasteiger charge is -2.01. The van der Waals surface area contributed by atoms with Gasteiger partial charge in [0.2, 0.25) is 0 Å². The first kappa shape index (κ1) is 9.47. The van der Waals surface area contributed by atoms with Gasteiger partial charge in [-0.2, -0.15) is 0 Å². The molecule has 0 aromatic heterocycles. The van der Waals surface area contributed by atoms with Crippen molar-refractivity contribution >= 4 is 15.9 Å². The highest BCUT2D eigenvalue weighted by Gasteiger charge is 1.95. The fraction of sp³-hybridized carbons (Fsp3) is 0.0769. The third kappa shape index (κ3) is 2.05. The second kappa shape index (κ2) is 3.97. The summed E-state index contributed by atoms with van der Waals surface area (Å²) >= 11 is 3.43. The smallest absolute Gasteiger partial charge is 0.0175 e. The van der Waals surface area contributed by atoms with Gasteiger partial charge in [0.1, 0.15) is 0 Å². The van der Waals surface area contributed by atoms with Crippen LogP contribution in [0.3, 0.4) is 0 Å². The van der Waals surface area contributed by atoms with E-state index < -0.39 is 0 Å². The summed E-state index contributed by atoms with van der Waals surface area (Å²) in [5.74, 6) is 0. The van der Waals surface area contributed by atoms with E-state index in [1.54, 1.807) is 0 Å². The molecule has 70 valence electrons. The van der Waals surface area contributed by atoms with Crippen LogP contribution in [0.1, 0.15) is 5.56 Å². The van der Waals surface area contributed by atoms with Gasteiger partial charge in [-0.15, -0.1) is 0 Å². The molecule has 0 nitrogen and oxygen atoms in total. The lowest BCUT2D eigenvalue weighted by molar-refractivity contribution is 1.47. The molecule has 0 fully saturated rings. The molecule has 0 aliphatic heterocycles.